The Morgan fingerprint density at radius 3 is 2.27 bits per heavy atom. The van der Waals surface area contributed by atoms with Crippen molar-refractivity contribution >= 4 is 46.9 Å². The molecule has 4 amide bonds. The lowest BCUT2D eigenvalue weighted by molar-refractivity contribution is -0.385. The minimum Gasteiger partial charge on any atom is -0.439 e. The van der Waals surface area contributed by atoms with E-state index < -0.39 is 22.8 Å². The van der Waals surface area contributed by atoms with Crippen molar-refractivity contribution in [1.29, 1.82) is 0 Å². The van der Waals surface area contributed by atoms with Gasteiger partial charge in [-0.15, -0.1) is 0 Å². The first kappa shape index (κ1) is 26.3. The van der Waals surface area contributed by atoms with Crippen LogP contribution in [0.2, 0.25) is 5.02 Å². The molecule has 0 saturated carbocycles. The molecule has 0 atom stereocenters. The Morgan fingerprint density at radius 1 is 0.975 bits per heavy atom. The van der Waals surface area contributed by atoms with Crippen LogP contribution in [-0.2, 0) is 9.59 Å². The summed E-state index contributed by atoms with van der Waals surface area (Å²) in [5, 5.41) is 13.5. The molecular formula is C28H20ClN5O6. The highest BCUT2D eigenvalue weighted by atomic mass is 35.5. The summed E-state index contributed by atoms with van der Waals surface area (Å²) in [7, 11) is 0. The number of halogens is 1. The summed E-state index contributed by atoms with van der Waals surface area (Å²) < 4.78 is 7.62. The lowest BCUT2D eigenvalue weighted by Crippen LogP contribution is -2.54. The molecule has 200 valence electrons. The van der Waals surface area contributed by atoms with Crippen LogP contribution >= 0.6 is 11.6 Å². The predicted molar refractivity (Wildman–Crippen MR) is 147 cm³/mol. The van der Waals surface area contributed by atoms with Crippen LogP contribution in [-0.4, -0.2) is 32.3 Å². The number of urea groups is 1. The van der Waals surface area contributed by atoms with Crippen LogP contribution in [0.15, 0.2) is 78.5 Å². The third-order valence-electron chi connectivity index (χ3n) is 6.21. The van der Waals surface area contributed by atoms with Crippen LogP contribution in [0.4, 0.5) is 16.2 Å². The van der Waals surface area contributed by atoms with E-state index in [2.05, 4.69) is 10.3 Å². The summed E-state index contributed by atoms with van der Waals surface area (Å²) >= 11 is 5.93. The third kappa shape index (κ3) is 5.05. The number of amides is 4. The van der Waals surface area contributed by atoms with Gasteiger partial charge in [0.15, 0.2) is 0 Å². The van der Waals surface area contributed by atoms with E-state index in [0.717, 1.165) is 28.2 Å². The Morgan fingerprint density at radius 2 is 1.65 bits per heavy atom. The number of pyridine rings is 1. The molecule has 0 spiro atoms. The molecule has 4 aromatic rings. The van der Waals surface area contributed by atoms with Crippen molar-refractivity contribution in [2.24, 2.45) is 0 Å². The van der Waals surface area contributed by atoms with Gasteiger partial charge in [0.05, 0.1) is 10.6 Å². The number of aryl methyl sites for hydroxylation is 1. The number of benzene rings is 2. The lowest BCUT2D eigenvalue weighted by atomic mass is 10.1. The molecule has 0 radical (unpaired) electrons. The van der Waals surface area contributed by atoms with Crippen LogP contribution in [0.1, 0.15) is 17.0 Å². The molecule has 5 rings (SSSR count). The molecule has 0 aliphatic carbocycles. The summed E-state index contributed by atoms with van der Waals surface area (Å²) in [5.41, 5.74) is 2.97. The minimum atomic E-state index is -0.842. The zero-order valence-corrected chi connectivity index (χ0v) is 21.9. The van der Waals surface area contributed by atoms with Gasteiger partial charge >= 0.3 is 6.03 Å². The molecule has 12 heteroatoms. The molecule has 0 unspecified atom stereocenters. The molecule has 1 N–H and O–H groups in total. The number of nitrogens with zero attached hydrogens (tertiary/aromatic N) is 4. The Labute approximate surface area is 232 Å². The molecular weight excluding hydrogens is 538 g/mol. The zero-order chi connectivity index (χ0) is 28.6. The fourth-order valence-corrected chi connectivity index (χ4v) is 4.42. The SMILES string of the molecule is Cc1cc(/C=C2\C(=O)NC(=O)N(c3ccc(Cl)cc3)C2=O)c(C)n1-c1ccc(Oc2ccc([N+](=O)[O-])cn2)cc1. The fraction of sp³-hybridized carbons (Fsp3) is 0.0714. The Balaban J connectivity index is 1.41. The zero-order valence-electron chi connectivity index (χ0n) is 21.1. The summed E-state index contributed by atoms with van der Waals surface area (Å²) in [6.45, 7) is 3.73. The smallest absolute Gasteiger partial charge is 0.335 e. The Bertz CT molecular complexity index is 1690. The molecule has 0 bridgehead atoms. The number of nitro groups is 1. The number of aromatic nitrogens is 2. The number of carbonyl (C=O) groups is 3. The van der Waals surface area contributed by atoms with Crippen LogP contribution in [0.25, 0.3) is 11.8 Å². The largest absolute Gasteiger partial charge is 0.439 e. The van der Waals surface area contributed by atoms with Gasteiger partial charge in [0.25, 0.3) is 17.5 Å². The van der Waals surface area contributed by atoms with E-state index in [4.69, 9.17) is 16.3 Å². The molecule has 1 fully saturated rings. The Hall–Kier alpha value is -5.29. The summed E-state index contributed by atoms with van der Waals surface area (Å²) in [4.78, 5) is 53.4. The summed E-state index contributed by atoms with van der Waals surface area (Å²) in [6, 6.07) is 16.9. The number of anilines is 1. The van der Waals surface area contributed by atoms with E-state index in [1.807, 2.05) is 36.6 Å². The highest BCUT2D eigenvalue weighted by molar-refractivity contribution is 6.39. The van der Waals surface area contributed by atoms with Gasteiger partial charge in [-0.2, -0.15) is 0 Å². The van der Waals surface area contributed by atoms with Crippen LogP contribution in [0.3, 0.4) is 0 Å². The summed E-state index contributed by atoms with van der Waals surface area (Å²) in [6.07, 6.45) is 2.58. The number of rotatable bonds is 6. The average Bonchev–Trinajstić information content (AvgIpc) is 3.20. The van der Waals surface area contributed by atoms with E-state index in [1.165, 1.54) is 30.3 Å². The molecule has 1 aliphatic heterocycles. The average molecular weight is 558 g/mol. The number of barbiturate groups is 1. The number of imide groups is 2. The van der Waals surface area contributed by atoms with Gasteiger partial charge in [-0.25, -0.2) is 14.7 Å². The lowest BCUT2D eigenvalue weighted by Gasteiger charge is -2.26. The molecule has 2 aromatic heterocycles. The van der Waals surface area contributed by atoms with E-state index >= 15 is 0 Å². The maximum absolute atomic E-state index is 13.2. The van der Waals surface area contributed by atoms with Crippen molar-refractivity contribution in [3.05, 3.63) is 111 Å². The maximum Gasteiger partial charge on any atom is 0.335 e. The number of hydrogen-bond acceptors (Lipinski definition) is 7. The van der Waals surface area contributed by atoms with Crippen molar-refractivity contribution < 1.29 is 24.0 Å². The quantitative estimate of drug-likeness (QED) is 0.143. The first-order valence-electron chi connectivity index (χ1n) is 11.9. The highest BCUT2D eigenvalue weighted by Gasteiger charge is 2.37. The summed E-state index contributed by atoms with van der Waals surface area (Å²) in [5.74, 6) is -0.845. The first-order chi connectivity index (χ1) is 19.1. The van der Waals surface area contributed by atoms with E-state index in [9.17, 15) is 24.5 Å². The van der Waals surface area contributed by atoms with Crippen molar-refractivity contribution in [1.82, 2.24) is 14.9 Å². The van der Waals surface area contributed by atoms with Crippen molar-refractivity contribution in [2.75, 3.05) is 4.90 Å². The van der Waals surface area contributed by atoms with Crippen LogP contribution in [0, 0.1) is 24.0 Å². The monoisotopic (exact) mass is 557 g/mol. The van der Waals surface area contributed by atoms with Crippen LogP contribution in [0.5, 0.6) is 11.6 Å². The molecule has 1 saturated heterocycles. The topological polar surface area (TPSA) is 137 Å². The number of ether oxygens (including phenoxy) is 1. The second-order valence-electron chi connectivity index (χ2n) is 8.80. The fourth-order valence-electron chi connectivity index (χ4n) is 4.29. The van der Waals surface area contributed by atoms with E-state index in [0.29, 0.717) is 16.3 Å². The van der Waals surface area contributed by atoms with Gasteiger partial charge < -0.3 is 9.30 Å². The van der Waals surface area contributed by atoms with Gasteiger partial charge in [-0.05, 0) is 80.1 Å². The van der Waals surface area contributed by atoms with Gasteiger partial charge in [0.1, 0.15) is 17.5 Å². The van der Waals surface area contributed by atoms with E-state index in [-0.39, 0.29) is 22.8 Å². The first-order valence-corrected chi connectivity index (χ1v) is 12.2. The maximum atomic E-state index is 13.2. The molecule has 2 aromatic carbocycles. The standard InChI is InChI=1S/C28H20ClN5O6/c1-16-13-18(14-24-26(35)31-28(37)33(27(24)36)21-5-3-19(29)4-6-21)17(2)32(16)20-7-10-23(11-8-20)40-25-12-9-22(15-30-25)34(38)39/h3-15H,1-2H3,(H,31,35,37)/b24-14+. The minimum absolute atomic E-state index is 0.135. The second-order valence-corrected chi connectivity index (χ2v) is 9.24. The third-order valence-corrected chi connectivity index (χ3v) is 6.46. The highest BCUT2D eigenvalue weighted by Crippen LogP contribution is 2.28. The number of carbonyl (C=O) groups excluding carboxylic acids is 3. The molecule has 11 nitrogen and oxygen atoms in total. The van der Waals surface area contributed by atoms with Crippen molar-refractivity contribution in [3.63, 3.8) is 0 Å². The van der Waals surface area contributed by atoms with Crippen LogP contribution < -0.4 is 15.0 Å². The molecule has 1 aliphatic rings. The van der Waals surface area contributed by atoms with Crippen molar-refractivity contribution in [3.8, 4) is 17.3 Å². The normalized spacial score (nSPS) is 14.4. The van der Waals surface area contributed by atoms with Crippen molar-refractivity contribution in [2.45, 2.75) is 13.8 Å². The molecule has 3 heterocycles. The van der Waals surface area contributed by atoms with Gasteiger partial charge in [0.2, 0.25) is 5.88 Å². The molecule has 40 heavy (non-hydrogen) atoms. The second kappa shape index (κ2) is 10.5. The van der Waals surface area contributed by atoms with Gasteiger partial charge in [-0.1, -0.05) is 11.6 Å². The van der Waals surface area contributed by atoms with E-state index in [1.54, 1.807) is 24.3 Å². The van der Waals surface area contributed by atoms with Gasteiger partial charge in [-0.3, -0.25) is 25.0 Å². The number of nitrogens with one attached hydrogen (secondary N) is 1. The Kier molecular flexibility index (Phi) is 6.89. The predicted octanol–water partition coefficient (Wildman–Crippen LogP) is 5.51. The number of hydrogen-bond donors (Lipinski definition) is 1. The van der Waals surface area contributed by atoms with Gasteiger partial charge in [0, 0.05) is 34.2 Å².